The summed E-state index contributed by atoms with van der Waals surface area (Å²) in [7, 11) is 3.88. The molecule has 4 amide bonds. The lowest BCUT2D eigenvalue weighted by molar-refractivity contribution is -0.125. The van der Waals surface area contributed by atoms with Gasteiger partial charge in [-0.25, -0.2) is 9.78 Å². The number of carbonyl (C=O) groups is 3. The number of aryl methyl sites for hydroxylation is 1. The molecule has 1 aromatic carbocycles. The Labute approximate surface area is 237 Å². The molecule has 0 bridgehead atoms. The molecule has 4 heterocycles. The highest BCUT2D eigenvalue weighted by Gasteiger charge is 2.34. The Hall–Kier alpha value is -3.96. The molecule has 0 aliphatic carbocycles. The van der Waals surface area contributed by atoms with Crippen LogP contribution in [0.1, 0.15) is 35.5 Å². The number of carbonyl (C=O) groups excluding carboxylic acids is 3. The van der Waals surface area contributed by atoms with E-state index in [-0.39, 0.29) is 30.0 Å². The predicted molar refractivity (Wildman–Crippen MR) is 158 cm³/mol. The van der Waals surface area contributed by atoms with Gasteiger partial charge in [-0.15, -0.1) is 11.3 Å². The van der Waals surface area contributed by atoms with Crippen molar-refractivity contribution in [2.45, 2.75) is 39.3 Å². The standard InChI is InChI=1S/C29H34N6O4S/c1-17(2)39-20-8-9-21(18(3)15-20)35-22-10-12-30-28-24(22)25(32-29(35)38)26(40-28)27(37)31-19-11-14-34(16-19)23(36)7-6-13-33(4)5/h6-10,12,15,17,19H,11,13-14,16H2,1-5H3,(H,31,37)(H,32,38). The van der Waals surface area contributed by atoms with Crippen molar-refractivity contribution in [3.63, 3.8) is 0 Å². The quantitative estimate of drug-likeness (QED) is 0.391. The molecule has 210 valence electrons. The first-order valence-electron chi connectivity index (χ1n) is 13.3. The fraction of sp³-hybridized carbons (Fsp3) is 0.379. The molecular formula is C29H34N6O4S. The number of pyridine rings is 1. The van der Waals surface area contributed by atoms with Crippen LogP contribution in [-0.4, -0.2) is 78.5 Å². The minimum atomic E-state index is -0.352. The van der Waals surface area contributed by atoms with Crippen LogP contribution >= 0.6 is 11.3 Å². The summed E-state index contributed by atoms with van der Waals surface area (Å²) in [5, 5.41) is 6.74. The molecule has 2 N–H and O–H groups in total. The molecule has 0 saturated carbocycles. The minimum Gasteiger partial charge on any atom is -0.491 e. The molecule has 1 unspecified atom stereocenters. The fourth-order valence-corrected chi connectivity index (χ4v) is 6.03. The summed E-state index contributed by atoms with van der Waals surface area (Å²) < 4.78 is 5.81. The van der Waals surface area contributed by atoms with E-state index < -0.39 is 0 Å². The molecule has 2 aliphatic rings. The van der Waals surface area contributed by atoms with Gasteiger partial charge in [-0.3, -0.25) is 14.5 Å². The largest absolute Gasteiger partial charge is 0.491 e. The first kappa shape index (κ1) is 27.6. The van der Waals surface area contributed by atoms with Crippen LogP contribution in [0.2, 0.25) is 0 Å². The summed E-state index contributed by atoms with van der Waals surface area (Å²) in [5.74, 6) is 0.392. The van der Waals surface area contributed by atoms with E-state index in [0.717, 1.165) is 22.4 Å². The van der Waals surface area contributed by atoms with Gasteiger partial charge in [0.15, 0.2) is 0 Å². The molecule has 0 radical (unpaired) electrons. The van der Waals surface area contributed by atoms with Gasteiger partial charge in [0.2, 0.25) is 5.91 Å². The van der Waals surface area contributed by atoms with Gasteiger partial charge in [0.05, 0.1) is 28.6 Å². The second-order valence-corrected chi connectivity index (χ2v) is 11.6. The molecule has 1 atom stereocenters. The molecule has 2 aliphatic heterocycles. The second kappa shape index (κ2) is 11.3. The van der Waals surface area contributed by atoms with E-state index in [4.69, 9.17) is 4.74 Å². The summed E-state index contributed by atoms with van der Waals surface area (Å²) in [5.41, 5.74) is 2.74. The van der Waals surface area contributed by atoms with Crippen LogP contribution in [0.25, 0.3) is 10.2 Å². The summed E-state index contributed by atoms with van der Waals surface area (Å²) >= 11 is 1.25. The Bertz CT molecular complexity index is 1500. The van der Waals surface area contributed by atoms with Gasteiger partial charge >= 0.3 is 6.03 Å². The van der Waals surface area contributed by atoms with Crippen LogP contribution in [0, 0.1) is 6.92 Å². The number of aromatic nitrogens is 1. The van der Waals surface area contributed by atoms with Crippen molar-refractivity contribution in [1.82, 2.24) is 20.1 Å². The van der Waals surface area contributed by atoms with E-state index >= 15 is 0 Å². The fourth-order valence-electron chi connectivity index (χ4n) is 5.01. The van der Waals surface area contributed by atoms with Crippen LogP contribution in [0.3, 0.4) is 0 Å². The molecular weight excluding hydrogens is 528 g/mol. The zero-order valence-corrected chi connectivity index (χ0v) is 24.2. The van der Waals surface area contributed by atoms with E-state index in [0.29, 0.717) is 47.1 Å². The van der Waals surface area contributed by atoms with Gasteiger partial charge in [0.25, 0.3) is 5.91 Å². The Morgan fingerprint density at radius 2 is 2.08 bits per heavy atom. The molecule has 10 nitrogen and oxygen atoms in total. The summed E-state index contributed by atoms with van der Waals surface area (Å²) in [6.45, 7) is 7.57. The van der Waals surface area contributed by atoms with Crippen molar-refractivity contribution in [3.05, 3.63) is 53.1 Å². The highest BCUT2D eigenvalue weighted by molar-refractivity contribution is 7.21. The first-order valence-corrected chi connectivity index (χ1v) is 14.1. The minimum absolute atomic E-state index is 0.0407. The number of amides is 4. The maximum absolute atomic E-state index is 13.5. The van der Waals surface area contributed by atoms with Crippen LogP contribution < -0.4 is 20.3 Å². The Balaban J connectivity index is 1.37. The number of hydrogen-bond donors (Lipinski definition) is 2. The van der Waals surface area contributed by atoms with E-state index in [9.17, 15) is 14.4 Å². The van der Waals surface area contributed by atoms with E-state index in [1.165, 1.54) is 11.3 Å². The first-order chi connectivity index (χ1) is 19.1. The van der Waals surface area contributed by atoms with Crippen molar-refractivity contribution >= 4 is 56.5 Å². The van der Waals surface area contributed by atoms with Gasteiger partial charge in [-0.1, -0.05) is 6.08 Å². The molecule has 2 aromatic heterocycles. The highest BCUT2D eigenvalue weighted by atomic mass is 32.1. The topological polar surface area (TPSA) is 107 Å². The van der Waals surface area contributed by atoms with Crippen LogP contribution in [0.5, 0.6) is 5.75 Å². The van der Waals surface area contributed by atoms with Crippen LogP contribution in [-0.2, 0) is 4.79 Å². The van der Waals surface area contributed by atoms with Crippen molar-refractivity contribution in [1.29, 1.82) is 0 Å². The van der Waals surface area contributed by atoms with Gasteiger partial charge in [-0.2, -0.15) is 0 Å². The number of anilines is 3. The summed E-state index contributed by atoms with van der Waals surface area (Å²) in [4.78, 5) is 50.3. The van der Waals surface area contributed by atoms with Crippen LogP contribution in [0.4, 0.5) is 21.9 Å². The molecule has 1 fully saturated rings. The Kier molecular flexibility index (Phi) is 7.77. The maximum atomic E-state index is 13.5. The van der Waals surface area contributed by atoms with Crippen molar-refractivity contribution in [2.24, 2.45) is 0 Å². The third kappa shape index (κ3) is 5.52. The van der Waals surface area contributed by atoms with E-state index in [2.05, 4.69) is 15.6 Å². The third-order valence-corrected chi connectivity index (χ3v) is 7.90. The number of benzene rings is 1. The average Bonchev–Trinajstić information content (AvgIpc) is 3.50. The Morgan fingerprint density at radius 3 is 2.80 bits per heavy atom. The molecule has 0 spiro atoms. The molecule has 1 saturated heterocycles. The molecule has 5 rings (SSSR count). The van der Waals surface area contributed by atoms with Crippen LogP contribution in [0.15, 0.2) is 42.6 Å². The second-order valence-electron chi connectivity index (χ2n) is 10.6. The zero-order valence-electron chi connectivity index (χ0n) is 23.4. The lowest BCUT2D eigenvalue weighted by atomic mass is 10.1. The maximum Gasteiger partial charge on any atom is 0.331 e. The number of likely N-dealkylation sites (N-methyl/N-ethyl adjacent to an activating group) is 1. The van der Waals surface area contributed by atoms with Crippen molar-refractivity contribution < 1.29 is 19.1 Å². The zero-order chi connectivity index (χ0) is 28.6. The normalized spacial score (nSPS) is 16.9. The van der Waals surface area contributed by atoms with Gasteiger partial charge in [-0.05, 0) is 71.1 Å². The number of rotatable bonds is 8. The van der Waals surface area contributed by atoms with E-state index in [1.807, 2.05) is 64.0 Å². The summed E-state index contributed by atoms with van der Waals surface area (Å²) in [6.07, 6.45) is 5.78. The Morgan fingerprint density at radius 1 is 1.27 bits per heavy atom. The number of ether oxygens (including phenoxy) is 1. The molecule has 3 aromatic rings. The number of hydrogen-bond acceptors (Lipinski definition) is 7. The van der Waals surface area contributed by atoms with E-state index in [1.54, 1.807) is 28.1 Å². The van der Waals surface area contributed by atoms with Gasteiger partial charge in [0.1, 0.15) is 15.5 Å². The number of urea groups is 1. The van der Waals surface area contributed by atoms with Gasteiger partial charge < -0.3 is 25.2 Å². The van der Waals surface area contributed by atoms with Crippen molar-refractivity contribution in [3.8, 4) is 5.75 Å². The third-order valence-electron chi connectivity index (χ3n) is 6.80. The molecule has 11 heteroatoms. The predicted octanol–water partition coefficient (Wildman–Crippen LogP) is 4.52. The van der Waals surface area contributed by atoms with Gasteiger partial charge in [0, 0.05) is 37.9 Å². The highest BCUT2D eigenvalue weighted by Crippen LogP contribution is 2.46. The number of thiophene rings is 1. The van der Waals surface area contributed by atoms with Crippen molar-refractivity contribution in [2.75, 3.05) is 43.9 Å². The summed E-state index contributed by atoms with van der Waals surface area (Å²) in [6, 6.07) is 6.90. The lowest BCUT2D eigenvalue weighted by Crippen LogP contribution is -2.39. The smallest absolute Gasteiger partial charge is 0.331 e. The monoisotopic (exact) mass is 562 g/mol. The average molecular weight is 563 g/mol. The number of nitrogens with one attached hydrogen (secondary N) is 2. The SMILES string of the molecule is Cc1cc(OC(C)C)ccc1N1C(=O)Nc2c(C(=O)NC3CCN(C(=O)C=CCN(C)C)C3)sc3nccc1c23. The molecule has 40 heavy (non-hydrogen) atoms. The lowest BCUT2D eigenvalue weighted by Gasteiger charge is -2.29. The number of nitrogens with zero attached hydrogens (tertiary/aromatic N) is 4. The number of likely N-dealkylation sites (tertiary alicyclic amines) is 1.